The molecule has 2 aromatic heterocycles. The SMILES string of the molecule is O=C(Nc1ccnn1Cc1cccs1)N1CC(O)(C(F)(F)F)C1. The summed E-state index contributed by atoms with van der Waals surface area (Å²) in [6.07, 6.45) is -3.25. The van der Waals surface area contributed by atoms with Crippen LogP contribution in [-0.4, -0.2) is 50.7 Å². The van der Waals surface area contributed by atoms with Gasteiger partial charge in [-0.05, 0) is 11.4 Å². The van der Waals surface area contributed by atoms with Crippen LogP contribution in [0, 0.1) is 0 Å². The smallest absolute Gasteiger partial charge is 0.378 e. The lowest BCUT2D eigenvalue weighted by atomic mass is 9.94. The number of β-amino-alcohol motifs (C(OH)–C–C–N with tert-alkyl or cyclic N) is 1. The first kappa shape index (κ1) is 15.8. The molecule has 2 N–H and O–H groups in total. The van der Waals surface area contributed by atoms with Crippen molar-refractivity contribution in [3.8, 4) is 0 Å². The number of amides is 2. The molecule has 0 atom stereocenters. The average molecular weight is 346 g/mol. The van der Waals surface area contributed by atoms with Crippen molar-refractivity contribution in [1.82, 2.24) is 14.7 Å². The Morgan fingerprint density at radius 3 is 2.78 bits per heavy atom. The zero-order valence-electron chi connectivity index (χ0n) is 11.7. The van der Waals surface area contributed by atoms with Gasteiger partial charge in [0.05, 0.1) is 25.8 Å². The Morgan fingerprint density at radius 2 is 2.17 bits per heavy atom. The van der Waals surface area contributed by atoms with Gasteiger partial charge in [-0.3, -0.25) is 5.32 Å². The Bertz CT molecular complexity index is 692. The number of thiophene rings is 1. The van der Waals surface area contributed by atoms with E-state index in [1.807, 2.05) is 17.5 Å². The third-order valence-electron chi connectivity index (χ3n) is 3.56. The number of hydrogen-bond donors (Lipinski definition) is 2. The minimum atomic E-state index is -4.75. The lowest BCUT2D eigenvalue weighted by Gasteiger charge is -2.46. The summed E-state index contributed by atoms with van der Waals surface area (Å²) in [5.41, 5.74) is -2.82. The number of hydrogen-bond acceptors (Lipinski definition) is 4. The van der Waals surface area contributed by atoms with Gasteiger partial charge < -0.3 is 10.0 Å². The van der Waals surface area contributed by atoms with Crippen molar-refractivity contribution >= 4 is 23.2 Å². The highest BCUT2D eigenvalue weighted by Gasteiger charge is 2.62. The monoisotopic (exact) mass is 346 g/mol. The van der Waals surface area contributed by atoms with E-state index >= 15 is 0 Å². The normalized spacial score (nSPS) is 17.0. The van der Waals surface area contributed by atoms with E-state index in [0.717, 1.165) is 9.78 Å². The third kappa shape index (κ3) is 3.04. The van der Waals surface area contributed by atoms with Crippen LogP contribution < -0.4 is 5.32 Å². The Hall–Kier alpha value is -2.07. The molecule has 1 aliphatic rings. The minimum absolute atomic E-state index is 0.380. The van der Waals surface area contributed by atoms with Gasteiger partial charge in [0.15, 0.2) is 5.60 Å². The molecule has 0 radical (unpaired) electrons. The molecule has 6 nitrogen and oxygen atoms in total. The van der Waals surface area contributed by atoms with E-state index in [9.17, 15) is 23.1 Å². The summed E-state index contributed by atoms with van der Waals surface area (Å²) in [6.45, 7) is -1.10. The molecule has 0 saturated carbocycles. The van der Waals surface area contributed by atoms with Gasteiger partial charge in [-0.2, -0.15) is 18.3 Å². The van der Waals surface area contributed by atoms with Gasteiger partial charge in [-0.15, -0.1) is 11.3 Å². The zero-order chi connectivity index (χ0) is 16.7. The van der Waals surface area contributed by atoms with Crippen LogP contribution in [0.2, 0.25) is 0 Å². The summed E-state index contributed by atoms with van der Waals surface area (Å²) in [5.74, 6) is 0.380. The van der Waals surface area contributed by atoms with Crippen LogP contribution in [0.1, 0.15) is 4.88 Å². The van der Waals surface area contributed by atoms with Crippen molar-refractivity contribution in [1.29, 1.82) is 0 Å². The molecule has 2 aromatic rings. The van der Waals surface area contributed by atoms with E-state index in [1.165, 1.54) is 17.5 Å². The summed E-state index contributed by atoms with van der Waals surface area (Å²) < 4.78 is 39.2. The van der Waals surface area contributed by atoms with Gasteiger partial charge in [-0.1, -0.05) is 6.07 Å². The van der Waals surface area contributed by atoms with Gasteiger partial charge in [-0.25, -0.2) is 9.48 Å². The lowest BCUT2D eigenvalue weighted by molar-refractivity contribution is -0.293. The van der Waals surface area contributed by atoms with Crippen LogP contribution in [-0.2, 0) is 6.54 Å². The van der Waals surface area contributed by atoms with Crippen molar-refractivity contribution in [3.05, 3.63) is 34.7 Å². The van der Waals surface area contributed by atoms with Crippen molar-refractivity contribution < 1.29 is 23.1 Å². The van der Waals surface area contributed by atoms with E-state index in [4.69, 9.17) is 0 Å². The fourth-order valence-corrected chi connectivity index (χ4v) is 2.90. The standard InChI is InChI=1S/C13H13F3N4O2S/c14-13(15,16)12(22)7-19(8-12)11(21)18-10-3-4-17-20(10)6-9-2-1-5-23-9/h1-5,22H,6-8H2,(H,18,21). The van der Waals surface area contributed by atoms with Crippen molar-refractivity contribution in [2.45, 2.75) is 18.3 Å². The van der Waals surface area contributed by atoms with Crippen molar-refractivity contribution in [2.24, 2.45) is 0 Å². The molecule has 0 spiro atoms. The molecule has 0 aliphatic carbocycles. The third-order valence-corrected chi connectivity index (χ3v) is 4.42. The van der Waals surface area contributed by atoms with Crippen LogP contribution in [0.3, 0.4) is 0 Å². The average Bonchev–Trinajstić information content (AvgIpc) is 3.07. The van der Waals surface area contributed by atoms with Crippen LogP contribution in [0.5, 0.6) is 0 Å². The highest BCUT2D eigenvalue weighted by molar-refractivity contribution is 7.09. The fourth-order valence-electron chi connectivity index (χ4n) is 2.21. The van der Waals surface area contributed by atoms with Crippen LogP contribution in [0.15, 0.2) is 29.8 Å². The number of likely N-dealkylation sites (tertiary alicyclic amines) is 1. The molecule has 2 amide bonds. The molecule has 0 unspecified atom stereocenters. The zero-order valence-corrected chi connectivity index (χ0v) is 12.6. The molecule has 1 aliphatic heterocycles. The minimum Gasteiger partial charge on any atom is -0.378 e. The number of rotatable bonds is 3. The number of carbonyl (C=O) groups excluding carboxylic acids is 1. The molecule has 3 rings (SSSR count). The molecular formula is C13H13F3N4O2S. The molecular weight excluding hydrogens is 333 g/mol. The van der Waals surface area contributed by atoms with Crippen LogP contribution in [0.4, 0.5) is 23.8 Å². The van der Waals surface area contributed by atoms with Crippen molar-refractivity contribution in [2.75, 3.05) is 18.4 Å². The second-order valence-electron chi connectivity index (χ2n) is 5.27. The summed E-state index contributed by atoms with van der Waals surface area (Å²) in [6, 6.07) is 4.66. The number of halogens is 3. The first-order valence-corrected chi connectivity index (χ1v) is 7.56. The van der Waals surface area contributed by atoms with E-state index < -0.39 is 30.9 Å². The Kier molecular flexibility index (Phi) is 3.80. The molecule has 23 heavy (non-hydrogen) atoms. The second kappa shape index (κ2) is 5.53. The number of nitrogens with one attached hydrogen (secondary N) is 1. The summed E-state index contributed by atoms with van der Waals surface area (Å²) >= 11 is 1.53. The highest BCUT2D eigenvalue weighted by atomic mass is 32.1. The maximum Gasteiger partial charge on any atom is 0.420 e. The van der Waals surface area contributed by atoms with Gasteiger partial charge in [0.25, 0.3) is 0 Å². The van der Waals surface area contributed by atoms with Gasteiger partial charge in [0.1, 0.15) is 5.82 Å². The Morgan fingerprint density at radius 1 is 1.43 bits per heavy atom. The van der Waals surface area contributed by atoms with Gasteiger partial charge in [0, 0.05) is 10.9 Å². The largest absolute Gasteiger partial charge is 0.420 e. The number of aliphatic hydroxyl groups is 1. The van der Waals surface area contributed by atoms with Crippen LogP contribution >= 0.6 is 11.3 Å². The summed E-state index contributed by atoms with van der Waals surface area (Å²) in [4.78, 5) is 13.9. The van der Waals surface area contributed by atoms with E-state index in [1.54, 1.807) is 10.7 Å². The molecule has 10 heteroatoms. The summed E-state index contributed by atoms with van der Waals surface area (Å²) in [5, 5.41) is 17.9. The van der Waals surface area contributed by atoms with Gasteiger partial charge >= 0.3 is 12.2 Å². The first-order chi connectivity index (χ1) is 10.8. The molecule has 3 heterocycles. The molecule has 124 valence electrons. The highest BCUT2D eigenvalue weighted by Crippen LogP contribution is 2.37. The number of carbonyl (C=O) groups is 1. The topological polar surface area (TPSA) is 70.4 Å². The first-order valence-electron chi connectivity index (χ1n) is 6.68. The predicted molar refractivity (Wildman–Crippen MR) is 77.2 cm³/mol. The number of aromatic nitrogens is 2. The molecule has 1 saturated heterocycles. The fraction of sp³-hybridized carbons (Fsp3) is 0.385. The number of anilines is 1. The lowest BCUT2D eigenvalue weighted by Crippen LogP contribution is -2.70. The molecule has 0 bridgehead atoms. The van der Waals surface area contributed by atoms with E-state index in [-0.39, 0.29) is 0 Å². The Labute approximate surface area is 133 Å². The van der Waals surface area contributed by atoms with Crippen molar-refractivity contribution in [3.63, 3.8) is 0 Å². The molecule has 0 aromatic carbocycles. The Balaban J connectivity index is 1.61. The summed E-state index contributed by atoms with van der Waals surface area (Å²) in [7, 11) is 0. The maximum absolute atomic E-state index is 12.6. The van der Waals surface area contributed by atoms with E-state index in [0.29, 0.717) is 12.4 Å². The predicted octanol–water partition coefficient (Wildman–Crippen LogP) is 2.13. The van der Waals surface area contributed by atoms with Gasteiger partial charge in [0.2, 0.25) is 0 Å². The maximum atomic E-state index is 12.6. The number of urea groups is 1. The second-order valence-corrected chi connectivity index (χ2v) is 6.30. The quantitative estimate of drug-likeness (QED) is 0.895. The van der Waals surface area contributed by atoms with Crippen LogP contribution in [0.25, 0.3) is 0 Å². The number of nitrogens with zero attached hydrogens (tertiary/aromatic N) is 3. The molecule has 1 fully saturated rings. The van der Waals surface area contributed by atoms with E-state index in [2.05, 4.69) is 10.4 Å². The number of alkyl halides is 3.